The van der Waals surface area contributed by atoms with Gasteiger partial charge in [0.25, 0.3) is 0 Å². The van der Waals surface area contributed by atoms with Crippen LogP contribution in [0.4, 0.5) is 0 Å². The molecule has 0 saturated carbocycles. The van der Waals surface area contributed by atoms with Crippen molar-refractivity contribution in [1.29, 1.82) is 0 Å². The lowest BCUT2D eigenvalue weighted by molar-refractivity contribution is -0.140. The molecule has 6 nitrogen and oxygen atoms in total. The van der Waals surface area contributed by atoms with Gasteiger partial charge in [-0.05, 0) is 24.3 Å². The normalized spacial score (nSPS) is 10.3. The monoisotopic (exact) mass is 277 g/mol. The van der Waals surface area contributed by atoms with Gasteiger partial charge in [0.2, 0.25) is 0 Å². The smallest absolute Gasteiger partial charge is 0.416 e. The number of oxazole rings is 1. The highest BCUT2D eigenvalue weighted by molar-refractivity contribution is 5.70. The summed E-state index contributed by atoms with van der Waals surface area (Å²) in [5, 5.41) is 0. The largest absolute Gasteiger partial charge is 0.497 e. The molecule has 0 unspecified atom stereocenters. The first-order chi connectivity index (χ1) is 9.63. The second kappa shape index (κ2) is 6.10. The number of nitrogens with one attached hydrogen (secondary N) is 1. The molecule has 0 spiro atoms. The fourth-order valence-corrected chi connectivity index (χ4v) is 1.84. The number of methoxy groups -OCH3 is 2. The Morgan fingerprint density at radius 2 is 1.95 bits per heavy atom. The molecule has 0 aliphatic carbocycles. The molecule has 1 aromatic carbocycles. The molecule has 0 fully saturated rings. The van der Waals surface area contributed by atoms with Crippen molar-refractivity contribution in [3.05, 3.63) is 40.6 Å². The first kappa shape index (κ1) is 13.9. The van der Waals surface area contributed by atoms with Crippen LogP contribution in [-0.2, 0) is 16.0 Å². The van der Waals surface area contributed by atoms with Crippen molar-refractivity contribution in [2.75, 3.05) is 14.2 Å². The van der Waals surface area contributed by atoms with Crippen LogP contribution in [0, 0.1) is 0 Å². The Kier molecular flexibility index (Phi) is 4.24. The van der Waals surface area contributed by atoms with Gasteiger partial charge in [0.15, 0.2) is 0 Å². The predicted octanol–water partition coefficient (Wildman–Crippen LogP) is 1.75. The Bertz CT molecular complexity index is 638. The van der Waals surface area contributed by atoms with Crippen LogP contribution < -0.4 is 10.5 Å². The zero-order valence-electron chi connectivity index (χ0n) is 11.3. The Morgan fingerprint density at radius 1 is 1.25 bits per heavy atom. The highest BCUT2D eigenvalue weighted by Gasteiger charge is 2.14. The number of rotatable bonds is 5. The number of benzene rings is 1. The summed E-state index contributed by atoms with van der Waals surface area (Å²) >= 11 is 0. The van der Waals surface area contributed by atoms with Crippen LogP contribution in [-0.4, -0.2) is 25.2 Å². The second-order valence-electron chi connectivity index (χ2n) is 4.12. The fourth-order valence-electron chi connectivity index (χ4n) is 1.84. The van der Waals surface area contributed by atoms with Gasteiger partial charge in [-0.2, -0.15) is 0 Å². The number of aromatic nitrogens is 1. The summed E-state index contributed by atoms with van der Waals surface area (Å²) in [6, 6.07) is 7.18. The molecule has 2 aromatic rings. The molecule has 1 aromatic heterocycles. The molecular formula is C14H15NO5. The predicted molar refractivity (Wildman–Crippen MR) is 71.7 cm³/mol. The molecule has 2 rings (SSSR count). The Balaban J connectivity index is 2.26. The molecule has 0 amide bonds. The van der Waals surface area contributed by atoms with E-state index in [4.69, 9.17) is 9.15 Å². The molecule has 20 heavy (non-hydrogen) atoms. The molecule has 0 bridgehead atoms. The lowest BCUT2D eigenvalue weighted by Gasteiger charge is -2.03. The molecule has 106 valence electrons. The van der Waals surface area contributed by atoms with Crippen LogP contribution in [0.2, 0.25) is 0 Å². The Labute approximate surface area is 115 Å². The van der Waals surface area contributed by atoms with E-state index in [1.165, 1.54) is 7.11 Å². The van der Waals surface area contributed by atoms with Gasteiger partial charge >= 0.3 is 11.7 Å². The highest BCUT2D eigenvalue weighted by Crippen LogP contribution is 2.24. The number of aryl methyl sites for hydroxylation is 1. The van der Waals surface area contributed by atoms with E-state index in [2.05, 4.69) is 9.72 Å². The average molecular weight is 277 g/mol. The summed E-state index contributed by atoms with van der Waals surface area (Å²) in [4.78, 5) is 25.1. The standard InChI is InChI=1S/C14H15NO5/c1-18-10-5-3-9(4-6-10)13-11(20-14(17)15-13)7-8-12(16)19-2/h3-6H,7-8H2,1-2H3,(H,15,17). The van der Waals surface area contributed by atoms with Crippen LogP contribution in [0.5, 0.6) is 5.75 Å². The van der Waals surface area contributed by atoms with Crippen LogP contribution in [0.1, 0.15) is 12.2 Å². The van der Waals surface area contributed by atoms with E-state index in [1.54, 1.807) is 31.4 Å². The highest BCUT2D eigenvalue weighted by atomic mass is 16.5. The van der Waals surface area contributed by atoms with E-state index >= 15 is 0 Å². The van der Waals surface area contributed by atoms with Gasteiger partial charge in [-0.3, -0.25) is 9.78 Å². The van der Waals surface area contributed by atoms with Crippen molar-refractivity contribution in [2.24, 2.45) is 0 Å². The number of carbonyl (C=O) groups is 1. The zero-order chi connectivity index (χ0) is 14.5. The molecule has 0 saturated heterocycles. The van der Waals surface area contributed by atoms with Gasteiger partial charge in [-0.1, -0.05) is 0 Å². The summed E-state index contributed by atoms with van der Waals surface area (Å²) < 4.78 is 14.7. The van der Waals surface area contributed by atoms with Crippen LogP contribution in [0.15, 0.2) is 33.5 Å². The summed E-state index contributed by atoms with van der Waals surface area (Å²) in [7, 11) is 2.90. The number of hydrogen-bond donors (Lipinski definition) is 1. The van der Waals surface area contributed by atoms with Crippen molar-refractivity contribution in [3.8, 4) is 17.0 Å². The van der Waals surface area contributed by atoms with Gasteiger partial charge in [0.1, 0.15) is 11.5 Å². The van der Waals surface area contributed by atoms with Gasteiger partial charge in [-0.15, -0.1) is 0 Å². The molecule has 6 heteroatoms. The lowest BCUT2D eigenvalue weighted by Crippen LogP contribution is -2.02. The molecule has 0 radical (unpaired) electrons. The van der Waals surface area contributed by atoms with E-state index < -0.39 is 5.76 Å². The molecule has 1 N–H and O–H groups in total. The van der Waals surface area contributed by atoms with Gasteiger partial charge < -0.3 is 13.9 Å². The minimum Gasteiger partial charge on any atom is -0.497 e. The third-order valence-corrected chi connectivity index (χ3v) is 2.88. The molecule has 0 atom stereocenters. The molecular weight excluding hydrogens is 262 g/mol. The fraction of sp³-hybridized carbons (Fsp3) is 0.286. The molecule has 0 aliphatic heterocycles. The minimum atomic E-state index is -0.546. The van der Waals surface area contributed by atoms with Gasteiger partial charge in [-0.25, -0.2) is 4.79 Å². The number of esters is 1. The summed E-state index contributed by atoms with van der Waals surface area (Å²) in [6.07, 6.45) is 0.452. The first-order valence-corrected chi connectivity index (χ1v) is 6.07. The van der Waals surface area contributed by atoms with Gasteiger partial charge in [0.05, 0.1) is 26.3 Å². The quantitative estimate of drug-likeness (QED) is 0.842. The summed E-state index contributed by atoms with van der Waals surface area (Å²) in [6.45, 7) is 0. The summed E-state index contributed by atoms with van der Waals surface area (Å²) in [5.74, 6) is 0.256. The SMILES string of the molecule is COC(=O)CCc1oc(=O)[nH]c1-c1ccc(OC)cc1. The number of carbonyl (C=O) groups excluding carboxylic acids is 1. The van der Waals surface area contributed by atoms with Gasteiger partial charge in [0, 0.05) is 12.0 Å². The van der Waals surface area contributed by atoms with Crippen molar-refractivity contribution < 1.29 is 18.7 Å². The van der Waals surface area contributed by atoms with Crippen LogP contribution >= 0.6 is 0 Å². The number of H-pyrrole nitrogens is 1. The Hall–Kier alpha value is -2.50. The second-order valence-corrected chi connectivity index (χ2v) is 4.12. The summed E-state index contributed by atoms with van der Waals surface area (Å²) in [5.41, 5.74) is 1.36. The zero-order valence-corrected chi connectivity index (χ0v) is 11.3. The van der Waals surface area contributed by atoms with E-state index in [1.807, 2.05) is 0 Å². The number of ether oxygens (including phenoxy) is 2. The van der Waals surface area contributed by atoms with Crippen molar-refractivity contribution in [3.63, 3.8) is 0 Å². The van der Waals surface area contributed by atoms with E-state index in [-0.39, 0.29) is 12.4 Å². The van der Waals surface area contributed by atoms with Crippen molar-refractivity contribution in [2.45, 2.75) is 12.8 Å². The third-order valence-electron chi connectivity index (χ3n) is 2.88. The average Bonchev–Trinajstić information content (AvgIpc) is 2.85. The van der Waals surface area contributed by atoms with E-state index in [0.29, 0.717) is 17.9 Å². The van der Waals surface area contributed by atoms with Crippen LogP contribution in [0.25, 0.3) is 11.3 Å². The maximum atomic E-state index is 11.4. The maximum Gasteiger partial charge on any atom is 0.416 e. The molecule has 1 heterocycles. The molecule has 0 aliphatic rings. The minimum absolute atomic E-state index is 0.153. The first-order valence-electron chi connectivity index (χ1n) is 6.07. The van der Waals surface area contributed by atoms with Crippen molar-refractivity contribution >= 4 is 5.97 Å². The maximum absolute atomic E-state index is 11.4. The van der Waals surface area contributed by atoms with E-state index in [0.717, 1.165) is 11.3 Å². The van der Waals surface area contributed by atoms with Crippen molar-refractivity contribution in [1.82, 2.24) is 4.98 Å². The topological polar surface area (TPSA) is 81.5 Å². The Morgan fingerprint density at radius 3 is 2.55 bits per heavy atom. The number of hydrogen-bond acceptors (Lipinski definition) is 5. The third kappa shape index (κ3) is 3.09. The number of aromatic amines is 1. The van der Waals surface area contributed by atoms with Crippen LogP contribution in [0.3, 0.4) is 0 Å². The lowest BCUT2D eigenvalue weighted by atomic mass is 10.1. The van der Waals surface area contributed by atoms with E-state index in [9.17, 15) is 9.59 Å².